The van der Waals surface area contributed by atoms with E-state index in [1.54, 1.807) is 11.3 Å². The van der Waals surface area contributed by atoms with Crippen molar-refractivity contribution in [1.82, 2.24) is 9.88 Å². The minimum Gasteiger partial charge on any atom is -0.396 e. The Morgan fingerprint density at radius 2 is 2.60 bits per heavy atom. The van der Waals surface area contributed by atoms with Gasteiger partial charge in [0, 0.05) is 24.7 Å². The van der Waals surface area contributed by atoms with Gasteiger partial charge < -0.3 is 5.11 Å². The van der Waals surface area contributed by atoms with Gasteiger partial charge >= 0.3 is 0 Å². The van der Waals surface area contributed by atoms with Crippen LogP contribution in [0.25, 0.3) is 0 Å². The minimum atomic E-state index is 0.324. The maximum absolute atomic E-state index is 9.13. The highest BCUT2D eigenvalue weighted by Crippen LogP contribution is 2.30. The molecule has 2 unspecified atom stereocenters. The molecule has 0 spiro atoms. The maximum Gasteiger partial charge on any atom is 0.110 e. The molecule has 1 aliphatic rings. The Balaban J connectivity index is 2.02. The lowest BCUT2D eigenvalue weighted by Gasteiger charge is -2.24. The predicted octanol–water partition coefficient (Wildman–Crippen LogP) is 1.91. The second-order valence-electron chi connectivity index (χ2n) is 4.13. The second-order valence-corrected chi connectivity index (χ2v) is 5.05. The topological polar surface area (TPSA) is 36.4 Å². The average Bonchev–Trinajstić information content (AvgIpc) is 2.89. The van der Waals surface area contributed by atoms with E-state index in [0.717, 1.165) is 25.9 Å². The Hall–Kier alpha value is -0.450. The third-order valence-electron chi connectivity index (χ3n) is 3.14. The predicted molar refractivity (Wildman–Crippen MR) is 61.9 cm³/mol. The number of aromatic nitrogens is 1. The van der Waals surface area contributed by atoms with Crippen molar-refractivity contribution in [2.75, 3.05) is 19.7 Å². The zero-order valence-corrected chi connectivity index (χ0v) is 9.91. The number of hydrogen-bond acceptors (Lipinski definition) is 4. The van der Waals surface area contributed by atoms with Crippen molar-refractivity contribution in [3.63, 3.8) is 0 Å². The van der Waals surface area contributed by atoms with E-state index in [0.29, 0.717) is 18.6 Å². The van der Waals surface area contributed by atoms with E-state index in [1.807, 2.05) is 11.6 Å². The molecule has 0 radical (unpaired) electrons. The van der Waals surface area contributed by atoms with Crippen molar-refractivity contribution in [3.8, 4) is 0 Å². The molecule has 2 atom stereocenters. The summed E-state index contributed by atoms with van der Waals surface area (Å²) >= 11 is 1.74. The van der Waals surface area contributed by atoms with Gasteiger partial charge in [0.25, 0.3) is 0 Å². The summed E-state index contributed by atoms with van der Waals surface area (Å²) in [5.41, 5.74) is 0. The van der Waals surface area contributed by atoms with E-state index in [-0.39, 0.29) is 0 Å². The molecule has 2 heterocycles. The molecule has 1 fully saturated rings. The first-order chi connectivity index (χ1) is 7.35. The van der Waals surface area contributed by atoms with E-state index >= 15 is 0 Å². The largest absolute Gasteiger partial charge is 0.396 e. The van der Waals surface area contributed by atoms with Gasteiger partial charge in [0.15, 0.2) is 0 Å². The van der Waals surface area contributed by atoms with Gasteiger partial charge in [-0.3, -0.25) is 4.90 Å². The highest BCUT2D eigenvalue weighted by atomic mass is 32.1. The zero-order chi connectivity index (χ0) is 10.7. The number of hydrogen-bond donors (Lipinski definition) is 1. The maximum atomic E-state index is 9.13. The van der Waals surface area contributed by atoms with Gasteiger partial charge in [0.05, 0.1) is 6.04 Å². The van der Waals surface area contributed by atoms with E-state index in [2.05, 4.69) is 16.8 Å². The highest BCUT2D eigenvalue weighted by molar-refractivity contribution is 7.09. The lowest BCUT2D eigenvalue weighted by molar-refractivity contribution is 0.195. The summed E-state index contributed by atoms with van der Waals surface area (Å²) < 4.78 is 0. The second kappa shape index (κ2) is 5.05. The van der Waals surface area contributed by atoms with Gasteiger partial charge in [-0.25, -0.2) is 4.98 Å². The van der Waals surface area contributed by atoms with Crippen molar-refractivity contribution >= 4 is 11.3 Å². The monoisotopic (exact) mass is 226 g/mol. The SMILES string of the molecule is CCC(c1nccs1)N1CCC(CO)C1. The van der Waals surface area contributed by atoms with Crippen LogP contribution in [0.3, 0.4) is 0 Å². The number of nitrogens with zero attached hydrogens (tertiary/aromatic N) is 2. The average molecular weight is 226 g/mol. The molecule has 0 aliphatic carbocycles. The first-order valence-electron chi connectivity index (χ1n) is 5.59. The number of aliphatic hydroxyl groups is 1. The fraction of sp³-hybridized carbons (Fsp3) is 0.727. The van der Waals surface area contributed by atoms with Crippen LogP contribution in [0.2, 0.25) is 0 Å². The molecule has 0 bridgehead atoms. The first kappa shape index (κ1) is 11.0. The van der Waals surface area contributed by atoms with E-state index in [9.17, 15) is 0 Å². The third-order valence-corrected chi connectivity index (χ3v) is 4.02. The molecular weight excluding hydrogens is 208 g/mol. The van der Waals surface area contributed by atoms with Gasteiger partial charge in [0.2, 0.25) is 0 Å². The summed E-state index contributed by atoms with van der Waals surface area (Å²) in [5.74, 6) is 0.471. The number of rotatable bonds is 4. The fourth-order valence-electron chi connectivity index (χ4n) is 2.28. The summed E-state index contributed by atoms with van der Waals surface area (Å²) in [6, 6.07) is 0.460. The van der Waals surface area contributed by atoms with Crippen LogP contribution in [0.1, 0.15) is 30.8 Å². The third kappa shape index (κ3) is 2.38. The van der Waals surface area contributed by atoms with Crippen LogP contribution < -0.4 is 0 Å². The molecular formula is C11H18N2OS. The minimum absolute atomic E-state index is 0.324. The summed E-state index contributed by atoms with van der Waals surface area (Å²) in [5, 5.41) is 12.4. The summed E-state index contributed by atoms with van der Waals surface area (Å²) in [7, 11) is 0. The Morgan fingerprint density at radius 1 is 1.73 bits per heavy atom. The first-order valence-corrected chi connectivity index (χ1v) is 6.47. The number of thiazole rings is 1. The molecule has 1 aromatic heterocycles. The van der Waals surface area contributed by atoms with Gasteiger partial charge in [0.1, 0.15) is 5.01 Å². The molecule has 1 aliphatic heterocycles. The molecule has 0 amide bonds. The van der Waals surface area contributed by atoms with Crippen LogP contribution in [0.15, 0.2) is 11.6 Å². The Bertz CT molecular complexity index is 289. The van der Waals surface area contributed by atoms with Gasteiger partial charge in [-0.1, -0.05) is 6.92 Å². The van der Waals surface area contributed by atoms with Crippen molar-refractivity contribution in [1.29, 1.82) is 0 Å². The van der Waals surface area contributed by atoms with Gasteiger partial charge in [-0.05, 0) is 25.3 Å². The quantitative estimate of drug-likeness (QED) is 0.852. The van der Waals surface area contributed by atoms with Gasteiger partial charge in [-0.2, -0.15) is 0 Å². The molecule has 84 valence electrons. The summed E-state index contributed by atoms with van der Waals surface area (Å²) in [4.78, 5) is 6.86. The lowest BCUT2D eigenvalue weighted by atomic mass is 10.1. The Kier molecular flexibility index (Phi) is 3.72. The number of likely N-dealkylation sites (tertiary alicyclic amines) is 1. The summed E-state index contributed by atoms with van der Waals surface area (Å²) in [6.45, 7) is 4.65. The van der Waals surface area contributed by atoms with Crippen LogP contribution in [0.5, 0.6) is 0 Å². The molecule has 1 N–H and O–H groups in total. The van der Waals surface area contributed by atoms with Crippen molar-refractivity contribution in [3.05, 3.63) is 16.6 Å². The Labute approximate surface area is 94.8 Å². The normalized spacial score (nSPS) is 24.5. The molecule has 15 heavy (non-hydrogen) atoms. The van der Waals surface area contributed by atoms with E-state index < -0.39 is 0 Å². The van der Waals surface area contributed by atoms with Crippen LogP contribution in [0.4, 0.5) is 0 Å². The van der Waals surface area contributed by atoms with Crippen LogP contribution in [-0.4, -0.2) is 34.7 Å². The zero-order valence-electron chi connectivity index (χ0n) is 9.09. The van der Waals surface area contributed by atoms with Crippen LogP contribution in [-0.2, 0) is 0 Å². The summed E-state index contributed by atoms with van der Waals surface area (Å²) in [6.07, 6.45) is 4.10. The standard InChI is InChI=1S/C11H18N2OS/c1-2-10(11-12-4-6-15-11)13-5-3-9(7-13)8-14/h4,6,9-10,14H,2-3,5,7-8H2,1H3. The molecule has 0 saturated carbocycles. The van der Waals surface area contributed by atoms with Crippen molar-refractivity contribution in [2.24, 2.45) is 5.92 Å². The molecule has 1 aromatic rings. The smallest absolute Gasteiger partial charge is 0.110 e. The van der Waals surface area contributed by atoms with Crippen LogP contribution >= 0.6 is 11.3 Å². The van der Waals surface area contributed by atoms with Crippen LogP contribution in [0, 0.1) is 5.92 Å². The molecule has 4 heteroatoms. The molecule has 1 saturated heterocycles. The Morgan fingerprint density at radius 3 is 3.13 bits per heavy atom. The van der Waals surface area contributed by atoms with Crippen molar-refractivity contribution in [2.45, 2.75) is 25.8 Å². The van der Waals surface area contributed by atoms with Gasteiger partial charge in [-0.15, -0.1) is 11.3 Å². The molecule has 0 aromatic carbocycles. The molecule has 3 nitrogen and oxygen atoms in total. The molecule has 2 rings (SSSR count). The number of aliphatic hydroxyl groups excluding tert-OH is 1. The van der Waals surface area contributed by atoms with E-state index in [4.69, 9.17) is 5.11 Å². The van der Waals surface area contributed by atoms with E-state index in [1.165, 1.54) is 5.01 Å². The highest BCUT2D eigenvalue weighted by Gasteiger charge is 2.28. The fourth-order valence-corrected chi connectivity index (χ4v) is 3.14. The van der Waals surface area contributed by atoms with Crippen molar-refractivity contribution < 1.29 is 5.11 Å². The lowest BCUT2D eigenvalue weighted by Crippen LogP contribution is -2.26.